The van der Waals surface area contributed by atoms with E-state index in [1.165, 1.54) is 31.5 Å². The molecular formula is C29H24N2S. The van der Waals surface area contributed by atoms with E-state index in [1.807, 2.05) is 23.7 Å². The van der Waals surface area contributed by atoms with Crippen LogP contribution in [0.1, 0.15) is 30.2 Å². The molecule has 2 atom stereocenters. The smallest absolute Gasteiger partial charge is 0.0719 e. The fraction of sp³-hybridized carbons (Fsp3) is 0.138. The molecule has 1 fully saturated rings. The Hall–Kier alpha value is -3.43. The van der Waals surface area contributed by atoms with Crippen LogP contribution in [0.25, 0.3) is 26.9 Å². The Labute approximate surface area is 192 Å². The van der Waals surface area contributed by atoms with E-state index in [9.17, 15) is 0 Å². The van der Waals surface area contributed by atoms with Crippen molar-refractivity contribution in [2.75, 3.05) is 4.90 Å². The summed E-state index contributed by atoms with van der Waals surface area (Å²) in [7, 11) is 0. The summed E-state index contributed by atoms with van der Waals surface area (Å²) in [6, 6.07) is 17.5. The molecule has 32 heavy (non-hydrogen) atoms. The first-order chi connectivity index (χ1) is 15.6. The first-order valence-corrected chi connectivity index (χ1v) is 11.8. The minimum Gasteiger partial charge on any atom is -0.331 e. The molecule has 0 spiro atoms. The number of hydrogen-bond acceptors (Lipinski definition) is 3. The summed E-state index contributed by atoms with van der Waals surface area (Å²) in [5, 5.41) is 3.70. The van der Waals surface area contributed by atoms with Crippen LogP contribution in [0, 0.1) is 0 Å². The van der Waals surface area contributed by atoms with Crippen molar-refractivity contribution in [2.24, 2.45) is 0 Å². The second-order valence-electron chi connectivity index (χ2n) is 8.71. The summed E-state index contributed by atoms with van der Waals surface area (Å²) >= 11 is 1.89. The SMILES string of the molecule is C=C1/C(=C\C=C/C)C2c3c(sc4ccccc34)C=C[C@]2(C)N1c1ccc2cnccc2c1. The van der Waals surface area contributed by atoms with Gasteiger partial charge in [0.15, 0.2) is 0 Å². The number of allylic oxidation sites excluding steroid dienone is 4. The van der Waals surface area contributed by atoms with Crippen LogP contribution < -0.4 is 4.90 Å². The van der Waals surface area contributed by atoms with Crippen molar-refractivity contribution in [3.63, 3.8) is 0 Å². The lowest BCUT2D eigenvalue weighted by Crippen LogP contribution is -2.43. The van der Waals surface area contributed by atoms with Crippen molar-refractivity contribution in [3.05, 3.63) is 114 Å². The normalized spacial score (nSPS) is 23.6. The number of rotatable bonds is 2. The lowest BCUT2D eigenvalue weighted by Gasteiger charge is -2.40. The standard InChI is InChI=1S/C29H24N2S/c1-4-5-8-23-19(2)31(22-12-11-21-18-30-16-14-20(21)17-22)29(3)15-13-26-27(28(23)29)24-9-6-7-10-25(24)32-26/h4-18,28H,2H2,1,3H3/b5-4-,23-8+/t28?,29-/m0/s1. The zero-order valence-corrected chi connectivity index (χ0v) is 19.1. The Morgan fingerprint density at radius 2 is 2.00 bits per heavy atom. The van der Waals surface area contributed by atoms with Crippen LogP contribution in [0.15, 0.2) is 103 Å². The number of benzene rings is 2. The topological polar surface area (TPSA) is 16.1 Å². The van der Waals surface area contributed by atoms with E-state index >= 15 is 0 Å². The average molecular weight is 433 g/mol. The van der Waals surface area contributed by atoms with Gasteiger partial charge in [-0.3, -0.25) is 4.98 Å². The fourth-order valence-electron chi connectivity index (χ4n) is 5.44. The first-order valence-electron chi connectivity index (χ1n) is 11.0. The Morgan fingerprint density at radius 3 is 2.88 bits per heavy atom. The monoisotopic (exact) mass is 432 g/mol. The van der Waals surface area contributed by atoms with Crippen molar-refractivity contribution >= 4 is 44.0 Å². The molecule has 1 aliphatic heterocycles. The molecule has 0 N–H and O–H groups in total. The van der Waals surface area contributed by atoms with Gasteiger partial charge in [-0.25, -0.2) is 0 Å². The average Bonchev–Trinajstić information content (AvgIpc) is 3.29. The van der Waals surface area contributed by atoms with E-state index in [4.69, 9.17) is 0 Å². The van der Waals surface area contributed by atoms with Gasteiger partial charge in [0.05, 0.1) is 5.54 Å². The first kappa shape index (κ1) is 19.3. The zero-order valence-electron chi connectivity index (χ0n) is 18.2. The molecule has 6 rings (SSSR count). The molecule has 2 nitrogen and oxygen atoms in total. The molecule has 1 unspecified atom stereocenters. The Kier molecular flexibility index (Phi) is 4.24. The molecule has 3 heteroatoms. The lowest BCUT2D eigenvalue weighted by molar-refractivity contribution is 0.539. The van der Waals surface area contributed by atoms with Gasteiger partial charge in [-0.1, -0.05) is 55.1 Å². The molecule has 1 saturated heterocycles. The van der Waals surface area contributed by atoms with Crippen LogP contribution in [-0.2, 0) is 0 Å². The molecular weight excluding hydrogens is 408 g/mol. The van der Waals surface area contributed by atoms with Crippen molar-refractivity contribution in [1.82, 2.24) is 4.98 Å². The fourth-order valence-corrected chi connectivity index (χ4v) is 6.58. The van der Waals surface area contributed by atoms with Gasteiger partial charge < -0.3 is 4.90 Å². The molecule has 156 valence electrons. The van der Waals surface area contributed by atoms with Gasteiger partial charge in [-0.05, 0) is 66.1 Å². The second kappa shape index (κ2) is 7.04. The molecule has 2 aliphatic rings. The van der Waals surface area contributed by atoms with Crippen molar-refractivity contribution < 1.29 is 0 Å². The van der Waals surface area contributed by atoms with Gasteiger partial charge in [0.1, 0.15) is 0 Å². The van der Waals surface area contributed by atoms with Crippen LogP contribution in [-0.4, -0.2) is 10.5 Å². The summed E-state index contributed by atoms with van der Waals surface area (Å²) in [6.45, 7) is 9.03. The van der Waals surface area contributed by atoms with Gasteiger partial charge in [0.25, 0.3) is 0 Å². The van der Waals surface area contributed by atoms with Crippen LogP contribution in [0.4, 0.5) is 5.69 Å². The number of fused-ring (bicyclic) bond motifs is 6. The van der Waals surface area contributed by atoms with Crippen LogP contribution in [0.3, 0.4) is 0 Å². The highest BCUT2D eigenvalue weighted by Crippen LogP contribution is 2.58. The largest absolute Gasteiger partial charge is 0.331 e. The Morgan fingerprint density at radius 1 is 1.12 bits per heavy atom. The van der Waals surface area contributed by atoms with E-state index in [-0.39, 0.29) is 11.5 Å². The molecule has 2 aromatic carbocycles. The third kappa shape index (κ3) is 2.61. The quantitative estimate of drug-likeness (QED) is 0.320. The summed E-state index contributed by atoms with van der Waals surface area (Å²) in [5.41, 5.74) is 4.71. The highest BCUT2D eigenvalue weighted by atomic mass is 32.1. The summed E-state index contributed by atoms with van der Waals surface area (Å²) in [6.07, 6.45) is 15.0. The predicted octanol–water partition coefficient (Wildman–Crippen LogP) is 7.86. The van der Waals surface area contributed by atoms with E-state index < -0.39 is 0 Å². The summed E-state index contributed by atoms with van der Waals surface area (Å²) in [4.78, 5) is 8.06. The van der Waals surface area contributed by atoms with Gasteiger partial charge >= 0.3 is 0 Å². The molecule has 3 heterocycles. The third-order valence-electron chi connectivity index (χ3n) is 6.85. The molecule has 0 saturated carbocycles. The number of anilines is 1. The van der Waals surface area contributed by atoms with Gasteiger partial charge in [-0.15, -0.1) is 11.3 Å². The number of aromatic nitrogens is 1. The minimum absolute atomic E-state index is 0.218. The third-order valence-corrected chi connectivity index (χ3v) is 8.01. The molecule has 0 radical (unpaired) electrons. The van der Waals surface area contributed by atoms with E-state index in [0.29, 0.717) is 0 Å². The summed E-state index contributed by atoms with van der Waals surface area (Å²) < 4.78 is 1.35. The zero-order chi connectivity index (χ0) is 21.9. The highest BCUT2D eigenvalue weighted by Gasteiger charge is 2.52. The number of thiophene rings is 1. The second-order valence-corrected chi connectivity index (χ2v) is 9.79. The number of pyridine rings is 1. The van der Waals surface area contributed by atoms with Gasteiger partial charge in [0.2, 0.25) is 0 Å². The van der Waals surface area contributed by atoms with E-state index in [0.717, 1.165) is 16.8 Å². The molecule has 4 aromatic rings. The molecule has 0 amide bonds. The maximum absolute atomic E-state index is 4.61. The minimum atomic E-state index is -0.234. The van der Waals surface area contributed by atoms with Crippen LogP contribution >= 0.6 is 11.3 Å². The predicted molar refractivity (Wildman–Crippen MR) is 138 cm³/mol. The van der Waals surface area contributed by atoms with Crippen molar-refractivity contribution in [3.8, 4) is 0 Å². The van der Waals surface area contributed by atoms with E-state index in [2.05, 4.69) is 109 Å². The summed E-state index contributed by atoms with van der Waals surface area (Å²) in [5.74, 6) is 0.218. The molecule has 2 aromatic heterocycles. The van der Waals surface area contributed by atoms with Crippen LogP contribution in [0.2, 0.25) is 0 Å². The maximum atomic E-state index is 4.61. The Bertz CT molecular complexity index is 1490. The number of nitrogens with zero attached hydrogens (tertiary/aromatic N) is 2. The van der Waals surface area contributed by atoms with Crippen LogP contribution in [0.5, 0.6) is 0 Å². The van der Waals surface area contributed by atoms with Crippen molar-refractivity contribution in [2.45, 2.75) is 25.3 Å². The van der Waals surface area contributed by atoms with Gasteiger partial charge in [-0.2, -0.15) is 0 Å². The maximum Gasteiger partial charge on any atom is 0.0719 e. The Balaban J connectivity index is 1.61. The van der Waals surface area contributed by atoms with Gasteiger partial charge in [0, 0.05) is 44.7 Å². The molecule has 1 aliphatic carbocycles. The van der Waals surface area contributed by atoms with Crippen molar-refractivity contribution in [1.29, 1.82) is 0 Å². The number of hydrogen-bond donors (Lipinski definition) is 0. The van der Waals surface area contributed by atoms with E-state index in [1.54, 1.807) is 0 Å². The highest BCUT2D eigenvalue weighted by molar-refractivity contribution is 7.20. The lowest BCUT2D eigenvalue weighted by atomic mass is 9.74. The molecule has 0 bridgehead atoms.